The molecule has 12 amide bonds. The van der Waals surface area contributed by atoms with Crippen molar-refractivity contribution in [3.63, 3.8) is 0 Å². The molecular weight excluding hydrogens is 1910 g/mol. The molecule has 7 heterocycles. The number of aromatic nitrogens is 3. The zero-order valence-corrected chi connectivity index (χ0v) is 91.2. The summed E-state index contributed by atoms with van der Waals surface area (Å²) >= 11 is 10.7. The van der Waals surface area contributed by atoms with Crippen molar-refractivity contribution < 1.29 is 82.4 Å². The van der Waals surface area contributed by atoms with Crippen molar-refractivity contribution in [2.45, 2.75) is 340 Å². The first-order valence-electron chi connectivity index (χ1n) is 49.7. The molecule has 1 aliphatic carbocycles. The lowest BCUT2D eigenvalue weighted by Gasteiger charge is -2.37. The van der Waals surface area contributed by atoms with E-state index >= 15 is 4.39 Å². The van der Waals surface area contributed by atoms with E-state index in [0.29, 0.717) is 18.0 Å². The number of β-amino-alcohol motifs (C(OH)–C–C–N with tert-alkyl or cyclic N) is 4. The van der Waals surface area contributed by atoms with Crippen LogP contribution in [0.15, 0.2) is 114 Å². The molecule has 788 valence electrons. The van der Waals surface area contributed by atoms with E-state index < -0.39 is 102 Å². The van der Waals surface area contributed by atoms with Gasteiger partial charge in [-0.25, -0.2) is 19.3 Å². The van der Waals surface area contributed by atoms with Gasteiger partial charge in [0.1, 0.15) is 54.0 Å². The fraction of sp³-hybridized carbons (Fsp3) is 0.583. The lowest BCUT2D eigenvalue weighted by atomic mass is 9.78. The number of aliphatic hydroxyl groups is 4. The number of aryl methyl sites for hydroxylation is 3. The third-order valence-electron chi connectivity index (χ3n) is 25.7. The first-order valence-corrected chi connectivity index (χ1v) is 52.8. The van der Waals surface area contributed by atoms with Crippen LogP contribution < -0.4 is 42.5 Å². The Bertz CT molecular complexity index is 5560. The minimum Gasteiger partial charge on any atom is -0.391 e. The van der Waals surface area contributed by atoms with Gasteiger partial charge in [0.15, 0.2) is 0 Å². The number of alkyl halides is 1. The van der Waals surface area contributed by atoms with Crippen molar-refractivity contribution in [1.82, 2.24) is 77.1 Å². The summed E-state index contributed by atoms with van der Waals surface area (Å²) < 4.78 is 15.1. The predicted octanol–water partition coefficient (Wildman–Crippen LogP) is 14.1. The van der Waals surface area contributed by atoms with Crippen LogP contribution in [0, 0.1) is 59.7 Å². The Labute approximate surface area is 865 Å². The summed E-state index contributed by atoms with van der Waals surface area (Å²) in [6.45, 7) is 45.4. The molecule has 36 heteroatoms. The number of rotatable bonds is 30. The summed E-state index contributed by atoms with van der Waals surface area (Å²) in [4.78, 5) is 179. The van der Waals surface area contributed by atoms with Crippen LogP contribution in [0.3, 0.4) is 0 Å². The molecule has 3 aromatic heterocycles. The first-order chi connectivity index (χ1) is 67.0. The molecule has 14 atom stereocenters. The Morgan fingerprint density at radius 1 is 0.396 bits per heavy atom. The van der Waals surface area contributed by atoms with Crippen LogP contribution >= 0.6 is 45.6 Å². The molecule has 0 spiro atoms. The second-order valence-electron chi connectivity index (χ2n) is 45.8. The number of nitrogens with one attached hydrogen (secondary N) is 8. The normalized spacial score (nSPS) is 20.0. The molecule has 1 saturated carbocycles. The van der Waals surface area contributed by atoms with Crippen molar-refractivity contribution in [3.05, 3.63) is 158 Å². The monoisotopic (exact) mass is 2070 g/mol. The third-order valence-corrected chi connectivity index (χ3v) is 28.9. The minimum atomic E-state index is -2.07. The average molecular weight is 2070 g/mol. The molecule has 5 fully saturated rings. The van der Waals surface area contributed by atoms with Crippen molar-refractivity contribution >= 4 is 116 Å². The standard InChI is InChI=1S/C29H40N4O4S.C27H37FN4O4S.C27H38N4O4S.C25H38ClN3O4/c1-17(19-9-11-21(12-10-19)26-18(2)30-16-38-26)31-27(36)23-13-22(34)15-33(23)28(37)25(20-7-6-8-20)32-24(35)14-29(3,4)5;1-16-22(37-15-30-16)18-9-7-17(8-10-18)13-29-24(35)20-11-19(33)14-32(20)25(36)23(27(5,6)28)31-21(34)12-26(2,3)4;1-16(2)23(30-22(33)12-27(4,5)6)26(35)31-14-20(32)11-21(31)25(34)28-13-18-7-9-19(10-8-18)24-17(3)29-15-36-24;1-15(16-8-10-17(26)11-9-16)27-22(32)19-12-18(30)14-29(19)23(33)21(25(5,6)7)28-20(31)13-24(2,3)4/h9-12,16-17,20,22-23,25,34H,6-8,13-15H2,1-5H3,(H,31,36)(H,32,35);7-10,15,19-20,23,33H,11-14H2,1-6H3,(H,29,35)(H,31,34);7-10,15-16,20-21,23,32H,11-14H2,1-6H3,(H,28,34)(H,30,33);8-11,15,18-19,21,30H,12-14H2,1-7H3,(H,27,32)(H,28,31). The molecule has 14 unspecified atom stereocenters. The molecule has 0 radical (unpaired) electrons. The van der Waals surface area contributed by atoms with Crippen LogP contribution in [-0.4, -0.2) is 230 Å². The van der Waals surface area contributed by atoms with E-state index in [1.807, 2.05) is 248 Å². The van der Waals surface area contributed by atoms with Crippen molar-refractivity contribution in [1.29, 1.82) is 0 Å². The van der Waals surface area contributed by atoms with E-state index in [1.165, 1.54) is 33.4 Å². The van der Waals surface area contributed by atoms with Gasteiger partial charge in [-0.05, 0) is 151 Å². The van der Waals surface area contributed by atoms with Crippen LogP contribution in [0.4, 0.5) is 4.39 Å². The van der Waals surface area contributed by atoms with Gasteiger partial charge in [0.05, 0.1) is 84.7 Å². The van der Waals surface area contributed by atoms with Crippen LogP contribution in [0.1, 0.15) is 267 Å². The van der Waals surface area contributed by atoms with Gasteiger partial charge in [0.25, 0.3) is 0 Å². The first kappa shape index (κ1) is 117. The number of amides is 12. The maximum atomic E-state index is 15.1. The topological polar surface area (TPSA) is 434 Å². The highest BCUT2D eigenvalue weighted by Crippen LogP contribution is 2.38. The highest BCUT2D eigenvalue weighted by molar-refractivity contribution is 7.14. The maximum absolute atomic E-state index is 15.1. The van der Waals surface area contributed by atoms with E-state index in [9.17, 15) is 78.0 Å². The number of likely N-dealkylation sites (tertiary alicyclic amines) is 4. The van der Waals surface area contributed by atoms with E-state index in [-0.39, 0.29) is 176 Å². The Kier molecular flexibility index (Phi) is 40.8. The molecule has 31 nitrogen and oxygen atoms in total. The fourth-order valence-electron chi connectivity index (χ4n) is 17.9. The summed E-state index contributed by atoms with van der Waals surface area (Å²) in [7, 11) is 0. The molecule has 12 N–H and O–H groups in total. The molecule has 7 aromatic rings. The van der Waals surface area contributed by atoms with Gasteiger partial charge < -0.3 is 82.6 Å². The lowest BCUT2D eigenvalue weighted by Crippen LogP contribution is -2.59. The van der Waals surface area contributed by atoms with Gasteiger partial charge in [-0.2, -0.15) is 0 Å². The number of halogens is 2. The minimum absolute atomic E-state index is 0.0382. The molecule has 4 saturated heterocycles. The second-order valence-corrected chi connectivity index (χ2v) is 48.8. The van der Waals surface area contributed by atoms with E-state index in [2.05, 4.69) is 57.5 Å². The number of hydrogen-bond donors (Lipinski definition) is 12. The van der Waals surface area contributed by atoms with Gasteiger partial charge in [-0.3, -0.25) is 57.5 Å². The largest absolute Gasteiger partial charge is 0.391 e. The third kappa shape index (κ3) is 34.3. The highest BCUT2D eigenvalue weighted by Gasteiger charge is 2.50. The average Bonchev–Trinajstić information content (AvgIpc) is 1.56. The number of carbonyl (C=O) groups is 12. The molecule has 5 aliphatic rings. The van der Waals surface area contributed by atoms with Gasteiger partial charge in [-0.15, -0.1) is 34.0 Å². The number of benzene rings is 4. The van der Waals surface area contributed by atoms with E-state index in [4.69, 9.17) is 11.6 Å². The Morgan fingerprint density at radius 3 is 1.00 bits per heavy atom. The summed E-state index contributed by atoms with van der Waals surface area (Å²) in [5, 5.41) is 64.8. The number of aliphatic hydroxyl groups excluding tert-OH is 4. The number of carbonyl (C=O) groups excluding carboxylic acids is 12. The summed E-state index contributed by atoms with van der Waals surface area (Å²) in [6, 6.07) is 23.2. The van der Waals surface area contributed by atoms with Crippen LogP contribution in [-0.2, 0) is 70.6 Å². The number of hydrogen-bond acceptors (Lipinski definition) is 22. The van der Waals surface area contributed by atoms with Gasteiger partial charge >= 0.3 is 0 Å². The summed E-state index contributed by atoms with van der Waals surface area (Å²) in [6.07, 6.45) is 0.999. The highest BCUT2D eigenvalue weighted by atomic mass is 35.5. The van der Waals surface area contributed by atoms with Crippen molar-refractivity contribution in [2.24, 2.45) is 38.9 Å². The lowest BCUT2D eigenvalue weighted by molar-refractivity contribution is -0.145. The zero-order valence-electron chi connectivity index (χ0n) is 88.0. The zero-order chi connectivity index (χ0) is 107. The van der Waals surface area contributed by atoms with Crippen LogP contribution in [0.5, 0.6) is 0 Å². The van der Waals surface area contributed by atoms with Gasteiger partial charge in [0, 0.05) is 95.7 Å². The molecule has 144 heavy (non-hydrogen) atoms. The molecule has 0 bridgehead atoms. The fourth-order valence-corrected chi connectivity index (χ4v) is 20.5. The maximum Gasteiger partial charge on any atom is 0.249 e. The van der Waals surface area contributed by atoms with E-state index in [0.717, 1.165) is 89.9 Å². The summed E-state index contributed by atoms with van der Waals surface area (Å²) in [5.41, 5.74) is 11.6. The Balaban J connectivity index is 0.000000214. The Hall–Kier alpha value is -10.5. The SMILES string of the molecule is CC(NC(=O)C1CC(O)CN1C(=O)C(NC(=O)CC(C)(C)C)C(C)(C)C)c1ccc(Cl)cc1.Cc1ncsc1-c1ccc(C(C)NC(=O)C2CC(O)CN2C(=O)C(NC(=O)CC(C)(C)C)C2CCC2)cc1.Cc1ncsc1-c1ccc(CNC(=O)C2CC(O)CN2C(=O)C(NC(=O)CC(C)(C)C)C(C)(C)F)cc1.Cc1ncsc1-c1ccc(CNC(=O)C2CC(O)CN2C(=O)C(NC(=O)CC(C)(C)C)C(C)C)cc1. The molecule has 12 rings (SSSR count). The van der Waals surface area contributed by atoms with Crippen molar-refractivity contribution in [2.75, 3.05) is 26.2 Å². The van der Waals surface area contributed by atoms with Crippen LogP contribution in [0.25, 0.3) is 31.3 Å². The molecular formula is C108H153ClFN15O16S3. The quantitative estimate of drug-likeness (QED) is 0.0199. The molecule has 4 aliphatic heterocycles. The number of nitrogens with zero attached hydrogens (tertiary/aromatic N) is 7. The smallest absolute Gasteiger partial charge is 0.249 e. The molecule has 4 aromatic carbocycles. The van der Waals surface area contributed by atoms with Crippen LogP contribution in [0.2, 0.25) is 5.02 Å². The summed E-state index contributed by atoms with van der Waals surface area (Å²) in [5.74, 6) is -4.21. The van der Waals surface area contributed by atoms with E-state index in [1.54, 1.807) is 51.7 Å². The Morgan fingerprint density at radius 2 is 0.694 bits per heavy atom. The van der Waals surface area contributed by atoms with Crippen molar-refractivity contribution in [3.8, 4) is 31.3 Å². The number of thiazole rings is 3. The van der Waals surface area contributed by atoms with Gasteiger partial charge in [0.2, 0.25) is 70.9 Å². The van der Waals surface area contributed by atoms with Gasteiger partial charge in [-0.1, -0.05) is 221 Å². The second kappa shape index (κ2) is 50.2. The predicted molar refractivity (Wildman–Crippen MR) is 560 cm³/mol.